The summed E-state index contributed by atoms with van der Waals surface area (Å²) in [5, 5.41) is 8.83. The molecule has 0 unspecified atom stereocenters. The molecule has 0 spiro atoms. The highest BCUT2D eigenvalue weighted by molar-refractivity contribution is 6.33. The van der Waals surface area contributed by atoms with Crippen molar-refractivity contribution in [3.8, 4) is 0 Å². The highest BCUT2D eigenvalue weighted by Crippen LogP contribution is 2.25. The summed E-state index contributed by atoms with van der Waals surface area (Å²) in [6, 6.07) is 5.00. The maximum absolute atomic E-state index is 11.6. The molecule has 0 aliphatic rings. The first-order valence-electron chi connectivity index (χ1n) is 6.66. The number of hydrogen-bond acceptors (Lipinski definition) is 3. The molecule has 1 rings (SSSR count). The molecule has 20 heavy (non-hydrogen) atoms. The van der Waals surface area contributed by atoms with Crippen molar-refractivity contribution in [3.05, 3.63) is 23.2 Å². The molecule has 0 aliphatic heterocycles. The number of carbonyl (C=O) groups excluding carboxylic acids is 2. The van der Waals surface area contributed by atoms with Crippen LogP contribution in [0.3, 0.4) is 0 Å². The third-order valence-electron chi connectivity index (χ3n) is 2.54. The summed E-state index contributed by atoms with van der Waals surface area (Å²) in [6.07, 6.45) is 1.25. The topological polar surface area (TPSA) is 70.2 Å². The molecule has 2 amide bonds. The summed E-state index contributed by atoms with van der Waals surface area (Å²) < 4.78 is 0. The van der Waals surface area contributed by atoms with Gasteiger partial charge in [-0.2, -0.15) is 0 Å². The van der Waals surface area contributed by atoms with Gasteiger partial charge in [-0.05, 0) is 31.2 Å². The number of amides is 2. The minimum Gasteiger partial charge on any atom is -0.326 e. The van der Waals surface area contributed by atoms with Crippen molar-refractivity contribution >= 4 is 34.8 Å². The van der Waals surface area contributed by atoms with Crippen molar-refractivity contribution in [2.45, 2.75) is 26.7 Å². The Labute approximate surface area is 124 Å². The molecule has 0 saturated carbocycles. The molecule has 0 fully saturated rings. The van der Waals surface area contributed by atoms with Crippen LogP contribution in [0.25, 0.3) is 0 Å². The molecule has 0 bridgehead atoms. The Hall–Kier alpha value is -1.59. The smallest absolute Gasteiger partial charge is 0.238 e. The lowest BCUT2D eigenvalue weighted by Crippen LogP contribution is -2.27. The van der Waals surface area contributed by atoms with E-state index in [1.807, 2.05) is 13.8 Å². The van der Waals surface area contributed by atoms with Crippen LogP contribution in [-0.4, -0.2) is 24.9 Å². The highest BCUT2D eigenvalue weighted by atomic mass is 35.5. The van der Waals surface area contributed by atoms with Crippen LogP contribution in [0.5, 0.6) is 0 Å². The fourth-order valence-corrected chi connectivity index (χ4v) is 1.75. The van der Waals surface area contributed by atoms with Gasteiger partial charge in [0.25, 0.3) is 0 Å². The average Bonchev–Trinajstić information content (AvgIpc) is 2.40. The Morgan fingerprint density at radius 3 is 2.55 bits per heavy atom. The van der Waals surface area contributed by atoms with Gasteiger partial charge in [0.2, 0.25) is 11.8 Å². The fraction of sp³-hybridized carbons (Fsp3) is 0.429. The normalized spacial score (nSPS) is 10.2. The van der Waals surface area contributed by atoms with Crippen LogP contribution in [0.2, 0.25) is 5.02 Å². The minimum atomic E-state index is -0.175. The maximum atomic E-state index is 11.6. The van der Waals surface area contributed by atoms with Gasteiger partial charge in [-0.15, -0.1) is 0 Å². The van der Waals surface area contributed by atoms with Crippen LogP contribution in [0.1, 0.15) is 26.7 Å². The molecule has 0 aliphatic carbocycles. The standard InChI is InChI=1S/C14H20ClN3O2/c1-3-5-13(19)17-10-6-7-11(15)12(8-10)18-14(20)9-16-4-2/h6-8,16H,3-5,9H2,1-2H3,(H,17,19)(H,18,20). The number of halogens is 1. The third-order valence-corrected chi connectivity index (χ3v) is 2.87. The summed E-state index contributed by atoms with van der Waals surface area (Å²) in [7, 11) is 0. The lowest BCUT2D eigenvalue weighted by Gasteiger charge is -2.10. The molecular formula is C14H20ClN3O2. The highest BCUT2D eigenvalue weighted by Gasteiger charge is 2.08. The number of nitrogens with one attached hydrogen (secondary N) is 3. The molecule has 110 valence electrons. The second-order valence-electron chi connectivity index (χ2n) is 4.32. The largest absolute Gasteiger partial charge is 0.326 e. The van der Waals surface area contributed by atoms with Gasteiger partial charge in [-0.25, -0.2) is 0 Å². The third kappa shape index (κ3) is 5.59. The Morgan fingerprint density at radius 2 is 1.90 bits per heavy atom. The van der Waals surface area contributed by atoms with E-state index in [0.717, 1.165) is 6.42 Å². The monoisotopic (exact) mass is 297 g/mol. The van der Waals surface area contributed by atoms with E-state index in [0.29, 0.717) is 29.4 Å². The van der Waals surface area contributed by atoms with Crippen molar-refractivity contribution in [1.29, 1.82) is 0 Å². The molecule has 0 atom stereocenters. The summed E-state index contributed by atoms with van der Waals surface area (Å²) in [4.78, 5) is 23.2. The molecule has 6 heteroatoms. The molecule has 0 heterocycles. The van der Waals surface area contributed by atoms with Gasteiger partial charge >= 0.3 is 0 Å². The summed E-state index contributed by atoms with van der Waals surface area (Å²) in [6.45, 7) is 4.80. The van der Waals surface area contributed by atoms with E-state index in [2.05, 4.69) is 16.0 Å². The van der Waals surface area contributed by atoms with Crippen LogP contribution in [-0.2, 0) is 9.59 Å². The second-order valence-corrected chi connectivity index (χ2v) is 4.73. The number of rotatable bonds is 7. The van der Waals surface area contributed by atoms with Crippen molar-refractivity contribution in [3.63, 3.8) is 0 Å². The first kappa shape index (κ1) is 16.5. The summed E-state index contributed by atoms with van der Waals surface area (Å²) in [5.41, 5.74) is 1.11. The van der Waals surface area contributed by atoms with Gasteiger partial charge in [0, 0.05) is 12.1 Å². The first-order chi connectivity index (χ1) is 9.56. The van der Waals surface area contributed by atoms with Crippen LogP contribution in [0.15, 0.2) is 18.2 Å². The van der Waals surface area contributed by atoms with Crippen LogP contribution in [0, 0.1) is 0 Å². The number of benzene rings is 1. The number of carbonyl (C=O) groups is 2. The van der Waals surface area contributed by atoms with Crippen LogP contribution >= 0.6 is 11.6 Å². The number of hydrogen-bond donors (Lipinski definition) is 3. The Bertz CT molecular complexity index is 477. The van der Waals surface area contributed by atoms with Gasteiger partial charge in [0.1, 0.15) is 0 Å². The summed E-state index contributed by atoms with van der Waals surface area (Å²) >= 11 is 6.02. The van der Waals surface area contributed by atoms with E-state index >= 15 is 0 Å². The molecule has 0 aromatic heterocycles. The molecule has 5 nitrogen and oxygen atoms in total. The Balaban J connectivity index is 2.71. The van der Waals surface area contributed by atoms with Crippen LogP contribution in [0.4, 0.5) is 11.4 Å². The predicted molar refractivity (Wildman–Crippen MR) is 82.2 cm³/mol. The van der Waals surface area contributed by atoms with Crippen molar-refractivity contribution < 1.29 is 9.59 Å². The molecule has 1 aromatic rings. The summed E-state index contributed by atoms with van der Waals surface area (Å²) in [5.74, 6) is -0.231. The van der Waals surface area contributed by atoms with Crippen molar-refractivity contribution in [2.24, 2.45) is 0 Å². The van der Waals surface area contributed by atoms with Gasteiger partial charge < -0.3 is 16.0 Å². The van der Waals surface area contributed by atoms with Gasteiger partial charge in [-0.1, -0.05) is 25.4 Å². The molecule has 3 N–H and O–H groups in total. The quantitative estimate of drug-likeness (QED) is 0.724. The first-order valence-corrected chi connectivity index (χ1v) is 7.04. The van der Waals surface area contributed by atoms with E-state index < -0.39 is 0 Å². The maximum Gasteiger partial charge on any atom is 0.238 e. The lowest BCUT2D eigenvalue weighted by molar-refractivity contribution is -0.116. The SMILES string of the molecule is CCCC(=O)Nc1ccc(Cl)c(NC(=O)CNCC)c1. The molecule has 0 radical (unpaired) electrons. The molecular weight excluding hydrogens is 278 g/mol. The Kier molecular flexibility index (Phi) is 7.04. The average molecular weight is 298 g/mol. The molecule has 1 aromatic carbocycles. The zero-order valence-corrected chi connectivity index (χ0v) is 12.5. The lowest BCUT2D eigenvalue weighted by atomic mass is 10.2. The van der Waals surface area contributed by atoms with Crippen molar-refractivity contribution in [2.75, 3.05) is 23.7 Å². The van der Waals surface area contributed by atoms with E-state index in [4.69, 9.17) is 11.6 Å². The Morgan fingerprint density at radius 1 is 1.15 bits per heavy atom. The van der Waals surface area contributed by atoms with E-state index in [1.165, 1.54) is 0 Å². The van der Waals surface area contributed by atoms with E-state index in [1.54, 1.807) is 18.2 Å². The zero-order chi connectivity index (χ0) is 15.0. The van der Waals surface area contributed by atoms with Gasteiger partial charge in [0.05, 0.1) is 17.3 Å². The zero-order valence-electron chi connectivity index (χ0n) is 11.8. The van der Waals surface area contributed by atoms with Gasteiger partial charge in [-0.3, -0.25) is 9.59 Å². The van der Waals surface area contributed by atoms with Crippen LogP contribution < -0.4 is 16.0 Å². The second kappa shape index (κ2) is 8.55. The van der Waals surface area contributed by atoms with Crippen molar-refractivity contribution in [1.82, 2.24) is 5.32 Å². The number of anilines is 2. The molecule has 0 saturated heterocycles. The van der Waals surface area contributed by atoms with E-state index in [-0.39, 0.29) is 18.4 Å². The van der Waals surface area contributed by atoms with E-state index in [9.17, 15) is 9.59 Å². The van der Waals surface area contributed by atoms with Gasteiger partial charge in [0.15, 0.2) is 0 Å². The predicted octanol–water partition coefficient (Wildman–Crippen LogP) is 2.63. The number of likely N-dealkylation sites (N-methyl/N-ethyl adjacent to an activating group) is 1. The minimum absolute atomic E-state index is 0.0558. The fourth-order valence-electron chi connectivity index (χ4n) is 1.58.